The molecule has 0 atom stereocenters. The van der Waals surface area contributed by atoms with Gasteiger partial charge in [0.2, 0.25) is 0 Å². The number of benzene rings is 2. The van der Waals surface area contributed by atoms with Crippen LogP contribution in [0, 0.1) is 17.0 Å². The number of nitro groups is 1. The Morgan fingerprint density at radius 3 is 2.58 bits per heavy atom. The molecular formula is C22H22N2O5S2. The molecule has 0 unspecified atom stereocenters. The maximum absolute atomic E-state index is 12.3. The second-order valence-corrected chi connectivity index (χ2v) is 8.60. The van der Waals surface area contributed by atoms with Gasteiger partial charge in [-0.15, -0.1) is 0 Å². The lowest BCUT2D eigenvalue weighted by Crippen LogP contribution is -2.22. The lowest BCUT2D eigenvalue weighted by atomic mass is 10.1. The summed E-state index contributed by atoms with van der Waals surface area (Å²) >= 11 is 6.29. The van der Waals surface area contributed by atoms with Crippen LogP contribution in [0.4, 0.5) is 5.69 Å². The minimum absolute atomic E-state index is 0.0892. The highest BCUT2D eigenvalue weighted by atomic mass is 32.2. The number of likely N-dealkylation sites (N-methyl/N-ethyl adjacent to an activating group) is 1. The number of nitrogens with zero attached hydrogens (tertiary/aromatic N) is 2. The van der Waals surface area contributed by atoms with Crippen LogP contribution in [0.15, 0.2) is 41.3 Å². The topological polar surface area (TPSA) is 81.9 Å². The van der Waals surface area contributed by atoms with E-state index in [4.69, 9.17) is 21.7 Å². The third kappa shape index (κ3) is 5.62. The summed E-state index contributed by atoms with van der Waals surface area (Å²) in [5, 5.41) is 11.2. The average molecular weight is 459 g/mol. The van der Waals surface area contributed by atoms with Gasteiger partial charge in [-0.3, -0.25) is 19.8 Å². The van der Waals surface area contributed by atoms with Gasteiger partial charge in [-0.2, -0.15) is 0 Å². The Balaban J connectivity index is 1.74. The zero-order valence-corrected chi connectivity index (χ0v) is 19.0. The molecule has 1 heterocycles. The number of carbonyl (C=O) groups excluding carboxylic acids is 1. The van der Waals surface area contributed by atoms with Gasteiger partial charge >= 0.3 is 0 Å². The molecule has 1 fully saturated rings. The molecule has 2 aromatic carbocycles. The maximum Gasteiger partial charge on any atom is 0.270 e. The van der Waals surface area contributed by atoms with E-state index >= 15 is 0 Å². The Morgan fingerprint density at radius 2 is 1.94 bits per heavy atom. The number of non-ortho nitro benzene ring substituents is 1. The highest BCUT2D eigenvalue weighted by molar-refractivity contribution is 8.26. The maximum atomic E-state index is 12.3. The predicted octanol–water partition coefficient (Wildman–Crippen LogP) is 4.75. The van der Waals surface area contributed by atoms with E-state index in [1.165, 1.54) is 28.7 Å². The first kappa shape index (κ1) is 22.8. The summed E-state index contributed by atoms with van der Waals surface area (Å²) < 4.78 is 12.1. The van der Waals surface area contributed by atoms with Crippen LogP contribution in [0.5, 0.6) is 11.5 Å². The van der Waals surface area contributed by atoms with Gasteiger partial charge in [0.15, 0.2) is 0 Å². The molecule has 0 aromatic heterocycles. The smallest absolute Gasteiger partial charge is 0.270 e. The molecular weight excluding hydrogens is 436 g/mol. The number of rotatable bonds is 8. The SMILES string of the molecule is CCc1cc(C)cc(OCCOc2ccc([N+](=O)[O-])cc2/C=C2\SC(=S)N(C)C2=O)c1. The second-order valence-electron chi connectivity index (χ2n) is 6.92. The summed E-state index contributed by atoms with van der Waals surface area (Å²) in [4.78, 5) is 24.8. The molecule has 7 nitrogen and oxygen atoms in total. The Morgan fingerprint density at radius 1 is 1.19 bits per heavy atom. The van der Waals surface area contributed by atoms with Crippen molar-refractivity contribution in [3.05, 3.63) is 68.1 Å². The van der Waals surface area contributed by atoms with Crippen LogP contribution in [0.25, 0.3) is 6.08 Å². The fraction of sp³-hybridized carbons (Fsp3) is 0.273. The molecule has 1 aliphatic heterocycles. The molecule has 2 aromatic rings. The summed E-state index contributed by atoms with van der Waals surface area (Å²) in [6.45, 7) is 4.65. The van der Waals surface area contributed by atoms with Crippen LogP contribution in [-0.2, 0) is 11.2 Å². The first-order chi connectivity index (χ1) is 14.8. The Kier molecular flexibility index (Phi) is 7.29. The van der Waals surface area contributed by atoms with Gasteiger partial charge in [-0.05, 0) is 48.7 Å². The zero-order valence-electron chi connectivity index (χ0n) is 17.4. The standard InChI is InChI=1S/C22H22N2O5S2/c1-4-15-9-14(2)10-18(11-15)28-7-8-29-19-6-5-17(24(26)27)12-16(19)13-20-21(25)23(3)22(30)31-20/h5-6,9-13H,4,7-8H2,1-3H3/b20-13-. The third-order valence-electron chi connectivity index (χ3n) is 4.61. The molecule has 9 heteroatoms. The lowest BCUT2D eigenvalue weighted by Gasteiger charge is -2.12. The minimum Gasteiger partial charge on any atom is -0.490 e. The van der Waals surface area contributed by atoms with Crippen LogP contribution in [-0.4, -0.2) is 40.3 Å². The van der Waals surface area contributed by atoms with E-state index in [-0.39, 0.29) is 18.2 Å². The summed E-state index contributed by atoms with van der Waals surface area (Å²) in [6, 6.07) is 10.4. The monoisotopic (exact) mass is 458 g/mol. The van der Waals surface area contributed by atoms with E-state index in [9.17, 15) is 14.9 Å². The number of thiocarbonyl (C=S) groups is 1. The molecule has 0 spiro atoms. The Bertz CT molecular complexity index is 1070. The van der Waals surface area contributed by atoms with Gasteiger partial charge in [0, 0.05) is 24.7 Å². The Hall–Kier alpha value is -2.91. The third-order valence-corrected chi connectivity index (χ3v) is 6.09. The number of amides is 1. The van der Waals surface area contributed by atoms with Gasteiger partial charge in [0.05, 0.1) is 9.83 Å². The van der Waals surface area contributed by atoms with Crippen LogP contribution >= 0.6 is 24.0 Å². The quantitative estimate of drug-likeness (QED) is 0.186. The number of hydrogen-bond donors (Lipinski definition) is 0. The predicted molar refractivity (Wildman–Crippen MR) is 126 cm³/mol. The van der Waals surface area contributed by atoms with Gasteiger partial charge in [-0.25, -0.2) is 0 Å². The number of ether oxygens (including phenoxy) is 2. The van der Waals surface area contributed by atoms with Crippen molar-refractivity contribution in [2.24, 2.45) is 0 Å². The van der Waals surface area contributed by atoms with Gasteiger partial charge in [0.25, 0.3) is 11.6 Å². The molecule has 162 valence electrons. The van der Waals surface area contributed by atoms with E-state index in [0.29, 0.717) is 27.1 Å². The summed E-state index contributed by atoms with van der Waals surface area (Å²) in [7, 11) is 1.59. The van der Waals surface area contributed by atoms with E-state index in [2.05, 4.69) is 13.0 Å². The molecule has 31 heavy (non-hydrogen) atoms. The molecule has 1 saturated heterocycles. The van der Waals surface area contributed by atoms with Crippen molar-refractivity contribution < 1.29 is 19.2 Å². The highest BCUT2D eigenvalue weighted by Crippen LogP contribution is 2.34. The van der Waals surface area contributed by atoms with Gasteiger partial charge < -0.3 is 9.47 Å². The fourth-order valence-electron chi connectivity index (χ4n) is 3.00. The number of thioether (sulfide) groups is 1. The van der Waals surface area contributed by atoms with Gasteiger partial charge in [-0.1, -0.05) is 37.0 Å². The molecule has 1 amide bonds. The molecule has 3 rings (SSSR count). The van der Waals surface area contributed by atoms with Crippen LogP contribution < -0.4 is 9.47 Å². The summed E-state index contributed by atoms with van der Waals surface area (Å²) in [5.74, 6) is 0.951. The number of nitro benzene ring substituents is 1. The van der Waals surface area contributed by atoms with Crippen molar-refractivity contribution in [2.75, 3.05) is 20.3 Å². The largest absolute Gasteiger partial charge is 0.490 e. The van der Waals surface area contributed by atoms with Crippen molar-refractivity contribution in [3.63, 3.8) is 0 Å². The van der Waals surface area contributed by atoms with Crippen molar-refractivity contribution in [1.29, 1.82) is 0 Å². The Labute approximate surface area is 190 Å². The van der Waals surface area contributed by atoms with Crippen LogP contribution in [0.1, 0.15) is 23.6 Å². The number of aryl methyl sites for hydroxylation is 2. The molecule has 0 aliphatic carbocycles. The molecule has 0 saturated carbocycles. The van der Waals surface area contributed by atoms with Crippen molar-refractivity contribution in [2.45, 2.75) is 20.3 Å². The second kappa shape index (κ2) is 9.93. The van der Waals surface area contributed by atoms with Gasteiger partial charge in [0.1, 0.15) is 29.0 Å². The van der Waals surface area contributed by atoms with E-state index in [1.807, 2.05) is 19.1 Å². The number of hydrogen-bond acceptors (Lipinski definition) is 7. The van der Waals surface area contributed by atoms with E-state index in [1.54, 1.807) is 13.1 Å². The lowest BCUT2D eigenvalue weighted by molar-refractivity contribution is -0.384. The van der Waals surface area contributed by atoms with E-state index < -0.39 is 4.92 Å². The highest BCUT2D eigenvalue weighted by Gasteiger charge is 2.29. The first-order valence-electron chi connectivity index (χ1n) is 9.64. The summed E-state index contributed by atoms with van der Waals surface area (Å²) in [5.41, 5.74) is 2.67. The average Bonchev–Trinajstić information content (AvgIpc) is 2.98. The molecule has 1 aliphatic rings. The van der Waals surface area contributed by atoms with E-state index in [0.717, 1.165) is 29.5 Å². The zero-order chi connectivity index (χ0) is 22.5. The number of carbonyl (C=O) groups is 1. The molecule has 0 N–H and O–H groups in total. The molecule has 0 bridgehead atoms. The van der Waals surface area contributed by atoms with Crippen LogP contribution in [0.3, 0.4) is 0 Å². The van der Waals surface area contributed by atoms with Crippen LogP contribution in [0.2, 0.25) is 0 Å². The fourth-order valence-corrected chi connectivity index (χ4v) is 4.17. The molecule has 0 radical (unpaired) electrons. The minimum atomic E-state index is -0.488. The van der Waals surface area contributed by atoms with Crippen molar-refractivity contribution in [1.82, 2.24) is 4.90 Å². The normalized spacial score (nSPS) is 14.9. The van der Waals surface area contributed by atoms with Crippen molar-refractivity contribution >= 4 is 46.0 Å². The first-order valence-corrected chi connectivity index (χ1v) is 10.9. The summed E-state index contributed by atoms with van der Waals surface area (Å²) in [6.07, 6.45) is 2.49. The van der Waals surface area contributed by atoms with Crippen molar-refractivity contribution in [3.8, 4) is 11.5 Å².